The van der Waals surface area contributed by atoms with Crippen LogP contribution in [0.1, 0.15) is 15.9 Å². The summed E-state index contributed by atoms with van der Waals surface area (Å²) in [4.78, 5) is 26.5. The molecule has 0 saturated heterocycles. The third-order valence-corrected chi connectivity index (χ3v) is 2.60. The zero-order valence-corrected chi connectivity index (χ0v) is 9.02. The van der Waals surface area contributed by atoms with Crippen molar-refractivity contribution >= 4 is 23.2 Å². The smallest absolute Gasteiger partial charge is 0.337 e. The van der Waals surface area contributed by atoms with Gasteiger partial charge in [-0.15, -0.1) is 0 Å². The Kier molecular flexibility index (Phi) is 2.40. The molecule has 2 aromatic rings. The highest BCUT2D eigenvalue weighted by atomic mass is 35.5. The summed E-state index contributed by atoms with van der Waals surface area (Å²) in [7, 11) is 0. The van der Waals surface area contributed by atoms with Crippen molar-refractivity contribution in [2.75, 3.05) is 0 Å². The minimum atomic E-state index is -1.10. The van der Waals surface area contributed by atoms with Crippen LogP contribution in [0.3, 0.4) is 0 Å². The number of carboxylic acids is 1. The van der Waals surface area contributed by atoms with Gasteiger partial charge in [0.1, 0.15) is 10.8 Å². The Morgan fingerprint density at radius 3 is 2.81 bits per heavy atom. The zero-order valence-electron chi connectivity index (χ0n) is 8.27. The van der Waals surface area contributed by atoms with E-state index in [2.05, 4.69) is 4.98 Å². The molecule has 0 amide bonds. The van der Waals surface area contributed by atoms with Crippen LogP contribution in [0.5, 0.6) is 0 Å². The maximum atomic E-state index is 11.8. The first kappa shape index (κ1) is 10.6. The quantitative estimate of drug-likeness (QED) is 0.762. The summed E-state index contributed by atoms with van der Waals surface area (Å²) in [6, 6.07) is 2.81. The number of hydrogen-bond donors (Lipinski definition) is 1. The van der Waals surface area contributed by atoms with Crippen molar-refractivity contribution in [2.45, 2.75) is 6.92 Å². The first-order chi connectivity index (χ1) is 7.50. The fourth-order valence-corrected chi connectivity index (χ4v) is 1.49. The van der Waals surface area contributed by atoms with Gasteiger partial charge in [-0.05, 0) is 19.1 Å². The number of fused-ring (bicyclic) bond motifs is 1. The summed E-state index contributed by atoms with van der Waals surface area (Å²) >= 11 is 5.75. The summed E-state index contributed by atoms with van der Waals surface area (Å²) in [5.41, 5.74) is 0.281. The minimum Gasteiger partial charge on any atom is -0.478 e. The molecular formula is C10H7ClN2O3. The van der Waals surface area contributed by atoms with Crippen LogP contribution in [0.25, 0.3) is 5.65 Å². The van der Waals surface area contributed by atoms with Crippen LogP contribution in [0.2, 0.25) is 5.15 Å². The van der Waals surface area contributed by atoms with Gasteiger partial charge in [0, 0.05) is 6.20 Å². The lowest BCUT2D eigenvalue weighted by Crippen LogP contribution is -2.19. The first-order valence-corrected chi connectivity index (χ1v) is 4.80. The van der Waals surface area contributed by atoms with E-state index in [1.807, 2.05) is 0 Å². The highest BCUT2D eigenvalue weighted by Gasteiger charge is 2.09. The Bertz CT molecular complexity index is 648. The molecule has 6 heteroatoms. The van der Waals surface area contributed by atoms with E-state index in [0.29, 0.717) is 11.2 Å². The van der Waals surface area contributed by atoms with Crippen molar-refractivity contribution in [1.29, 1.82) is 0 Å². The first-order valence-electron chi connectivity index (χ1n) is 4.42. The topological polar surface area (TPSA) is 71.7 Å². The molecule has 0 spiro atoms. The van der Waals surface area contributed by atoms with Crippen LogP contribution in [0.15, 0.2) is 23.1 Å². The minimum absolute atomic E-state index is 0.0260. The highest BCUT2D eigenvalue weighted by Crippen LogP contribution is 2.10. The molecule has 82 valence electrons. The Balaban J connectivity index is 2.88. The van der Waals surface area contributed by atoms with Gasteiger partial charge in [0.2, 0.25) is 0 Å². The van der Waals surface area contributed by atoms with E-state index in [1.54, 1.807) is 0 Å². The number of nitrogens with zero attached hydrogens (tertiary/aromatic N) is 2. The number of pyridine rings is 1. The van der Waals surface area contributed by atoms with Gasteiger partial charge in [0.05, 0.1) is 11.1 Å². The summed E-state index contributed by atoms with van der Waals surface area (Å²) in [6.45, 7) is 1.54. The molecule has 5 nitrogen and oxygen atoms in total. The van der Waals surface area contributed by atoms with E-state index in [1.165, 1.54) is 29.7 Å². The van der Waals surface area contributed by atoms with Gasteiger partial charge in [-0.2, -0.15) is 0 Å². The number of carbonyl (C=O) groups is 1. The van der Waals surface area contributed by atoms with E-state index >= 15 is 0 Å². The number of rotatable bonds is 1. The summed E-state index contributed by atoms with van der Waals surface area (Å²) in [5, 5.41) is 8.93. The van der Waals surface area contributed by atoms with Crippen molar-refractivity contribution in [3.63, 3.8) is 0 Å². The molecule has 0 aliphatic rings. The molecule has 0 unspecified atom stereocenters. The molecule has 0 atom stereocenters. The van der Waals surface area contributed by atoms with Crippen LogP contribution in [0, 0.1) is 6.92 Å². The molecule has 2 heterocycles. The normalized spacial score (nSPS) is 10.6. The summed E-state index contributed by atoms with van der Waals surface area (Å²) < 4.78 is 1.17. The maximum Gasteiger partial charge on any atom is 0.337 e. The van der Waals surface area contributed by atoms with Crippen molar-refractivity contribution in [2.24, 2.45) is 0 Å². The molecule has 0 aliphatic heterocycles. The van der Waals surface area contributed by atoms with Crippen molar-refractivity contribution in [3.8, 4) is 0 Å². The zero-order chi connectivity index (χ0) is 11.9. The molecule has 2 rings (SSSR count). The lowest BCUT2D eigenvalue weighted by atomic mass is 10.3. The fraction of sp³-hybridized carbons (Fsp3) is 0.100. The third-order valence-electron chi connectivity index (χ3n) is 2.24. The monoisotopic (exact) mass is 238 g/mol. The average molecular weight is 239 g/mol. The van der Waals surface area contributed by atoms with Crippen molar-refractivity contribution in [1.82, 2.24) is 9.38 Å². The highest BCUT2D eigenvalue weighted by molar-refractivity contribution is 6.30. The van der Waals surface area contributed by atoms with Gasteiger partial charge < -0.3 is 5.11 Å². The van der Waals surface area contributed by atoms with Gasteiger partial charge in [-0.1, -0.05) is 11.6 Å². The van der Waals surface area contributed by atoms with Gasteiger partial charge in [0.15, 0.2) is 0 Å². The van der Waals surface area contributed by atoms with E-state index in [-0.39, 0.29) is 16.3 Å². The third kappa shape index (κ3) is 1.55. The molecule has 16 heavy (non-hydrogen) atoms. The second kappa shape index (κ2) is 3.61. The number of carboxylic acid groups (broad SMARTS) is 1. The fourth-order valence-electron chi connectivity index (χ4n) is 1.33. The Morgan fingerprint density at radius 2 is 2.19 bits per heavy atom. The summed E-state index contributed by atoms with van der Waals surface area (Å²) in [5.74, 6) is -1.10. The van der Waals surface area contributed by atoms with Gasteiger partial charge in [0.25, 0.3) is 5.56 Å². The summed E-state index contributed by atoms with van der Waals surface area (Å²) in [6.07, 6.45) is 1.23. The number of aromatic carboxylic acids is 1. The van der Waals surface area contributed by atoms with E-state index in [0.717, 1.165) is 0 Å². The largest absolute Gasteiger partial charge is 0.478 e. The van der Waals surface area contributed by atoms with Crippen LogP contribution >= 0.6 is 11.6 Å². The molecule has 0 saturated carbocycles. The average Bonchev–Trinajstić information content (AvgIpc) is 2.25. The van der Waals surface area contributed by atoms with E-state index in [4.69, 9.17) is 16.7 Å². The lowest BCUT2D eigenvalue weighted by Gasteiger charge is -2.03. The van der Waals surface area contributed by atoms with Crippen molar-refractivity contribution in [3.05, 3.63) is 45.0 Å². The van der Waals surface area contributed by atoms with Crippen LogP contribution < -0.4 is 5.56 Å². The Morgan fingerprint density at radius 1 is 1.50 bits per heavy atom. The second-order valence-corrected chi connectivity index (χ2v) is 3.64. The standard InChI is InChI=1S/C10H7ClN2O3/c1-5-8(11)12-7-3-2-6(10(15)16)4-13(7)9(5)14/h2-4H,1H3,(H,15,16). The molecule has 0 radical (unpaired) electrons. The van der Waals surface area contributed by atoms with Gasteiger partial charge in [-0.25, -0.2) is 9.78 Å². The molecule has 0 fully saturated rings. The lowest BCUT2D eigenvalue weighted by molar-refractivity contribution is 0.0696. The number of aromatic nitrogens is 2. The predicted octanol–water partition coefficient (Wildman–Crippen LogP) is 1.35. The van der Waals surface area contributed by atoms with E-state index < -0.39 is 5.97 Å². The van der Waals surface area contributed by atoms with Crippen molar-refractivity contribution < 1.29 is 9.90 Å². The Hall–Kier alpha value is -1.88. The molecule has 1 N–H and O–H groups in total. The maximum absolute atomic E-state index is 11.8. The number of halogens is 1. The van der Waals surface area contributed by atoms with E-state index in [9.17, 15) is 9.59 Å². The number of hydrogen-bond acceptors (Lipinski definition) is 3. The molecule has 0 bridgehead atoms. The van der Waals surface area contributed by atoms with Gasteiger partial charge in [-0.3, -0.25) is 9.20 Å². The van der Waals surface area contributed by atoms with Crippen LogP contribution in [0.4, 0.5) is 0 Å². The molecule has 0 aromatic carbocycles. The predicted molar refractivity (Wildman–Crippen MR) is 58.2 cm³/mol. The molecule has 2 aromatic heterocycles. The molecular weight excluding hydrogens is 232 g/mol. The second-order valence-electron chi connectivity index (χ2n) is 3.28. The molecule has 0 aliphatic carbocycles. The SMILES string of the molecule is Cc1c(Cl)nc2ccc(C(=O)O)cn2c1=O. The van der Waals surface area contributed by atoms with Gasteiger partial charge >= 0.3 is 5.97 Å². The van der Waals surface area contributed by atoms with Crippen LogP contribution in [-0.2, 0) is 0 Å². The Labute approximate surface area is 94.9 Å². The van der Waals surface area contributed by atoms with Crippen LogP contribution in [-0.4, -0.2) is 20.5 Å².